The number of ketones is 1. The molecule has 3 heterocycles. The highest BCUT2D eigenvalue weighted by Gasteiger charge is 2.44. The molecule has 30 heavy (non-hydrogen) atoms. The fraction of sp³-hybridized carbons (Fsp3) is 0.381. The summed E-state index contributed by atoms with van der Waals surface area (Å²) in [6.07, 6.45) is 0. The molecule has 8 nitrogen and oxygen atoms in total. The summed E-state index contributed by atoms with van der Waals surface area (Å²) in [6, 6.07) is 7.64. The van der Waals surface area contributed by atoms with Gasteiger partial charge in [-0.15, -0.1) is 0 Å². The number of nitrogens with one attached hydrogen (secondary N) is 1. The van der Waals surface area contributed by atoms with Gasteiger partial charge in [0.25, 0.3) is 0 Å². The van der Waals surface area contributed by atoms with Gasteiger partial charge in [-0.25, -0.2) is 0 Å². The zero-order chi connectivity index (χ0) is 22.2. The maximum absolute atomic E-state index is 12.9. The topological polar surface area (TPSA) is 125 Å². The number of hydrogen-bond donors (Lipinski definition) is 1. The van der Waals surface area contributed by atoms with E-state index in [1.54, 1.807) is 32.9 Å². The fourth-order valence-electron chi connectivity index (χ4n) is 3.61. The molecule has 0 bridgehead atoms. The highest BCUT2D eigenvalue weighted by atomic mass is 32.2. The van der Waals surface area contributed by atoms with Crippen molar-refractivity contribution in [2.75, 3.05) is 5.75 Å². The molecule has 0 aromatic carbocycles. The van der Waals surface area contributed by atoms with E-state index in [9.17, 15) is 20.1 Å². The zero-order valence-corrected chi connectivity index (χ0v) is 18.2. The van der Waals surface area contributed by atoms with Crippen molar-refractivity contribution in [3.8, 4) is 18.0 Å². The highest BCUT2D eigenvalue weighted by molar-refractivity contribution is 8.03. The Bertz CT molecular complexity index is 1160. The largest absolute Gasteiger partial charge is 0.360 e. The number of aryl methyl sites for hydroxylation is 2. The Morgan fingerprint density at radius 1 is 1.33 bits per heavy atom. The number of hydrogen-bond acceptors (Lipinski definition) is 7. The third-order valence-corrected chi connectivity index (χ3v) is 6.26. The van der Waals surface area contributed by atoms with Gasteiger partial charge < -0.3 is 9.84 Å². The quantitative estimate of drug-likeness (QED) is 0.731. The van der Waals surface area contributed by atoms with Crippen LogP contribution in [0.3, 0.4) is 0 Å². The second-order valence-electron chi connectivity index (χ2n) is 7.72. The normalized spacial score (nSPS) is 18.0. The van der Waals surface area contributed by atoms with Crippen molar-refractivity contribution in [1.29, 1.82) is 10.5 Å². The van der Waals surface area contributed by atoms with Gasteiger partial charge in [0.05, 0.1) is 28.5 Å². The number of carbonyl (C=O) groups excluding carboxylic acids is 2. The lowest BCUT2D eigenvalue weighted by atomic mass is 9.72. The van der Waals surface area contributed by atoms with Gasteiger partial charge in [0.15, 0.2) is 11.6 Å². The average molecular weight is 423 g/mol. The molecule has 0 radical (unpaired) electrons. The molecule has 0 fully saturated rings. The molecule has 1 unspecified atom stereocenters. The Kier molecular flexibility index (Phi) is 5.60. The van der Waals surface area contributed by atoms with Gasteiger partial charge in [-0.1, -0.05) is 30.8 Å². The Labute approximate surface area is 178 Å². The lowest BCUT2D eigenvalue weighted by Gasteiger charge is -2.34. The van der Waals surface area contributed by atoms with Crippen LogP contribution in [0.2, 0.25) is 0 Å². The molecule has 0 spiro atoms. The van der Waals surface area contributed by atoms with Crippen molar-refractivity contribution in [2.45, 2.75) is 34.6 Å². The van der Waals surface area contributed by atoms with Crippen molar-refractivity contribution in [3.63, 3.8) is 0 Å². The molecule has 0 saturated carbocycles. The molecular weight excluding hydrogens is 402 g/mol. The number of aromatic nitrogens is 2. The monoisotopic (exact) mass is 423 g/mol. The van der Waals surface area contributed by atoms with Crippen molar-refractivity contribution in [2.24, 2.45) is 11.3 Å². The molecule has 1 aliphatic rings. The molecule has 1 N–H and O–H groups in total. The van der Waals surface area contributed by atoms with E-state index in [2.05, 4.69) is 16.5 Å². The van der Waals surface area contributed by atoms with E-state index in [-0.39, 0.29) is 11.5 Å². The number of rotatable bonds is 5. The molecule has 154 valence electrons. The van der Waals surface area contributed by atoms with Gasteiger partial charge in [-0.3, -0.25) is 14.2 Å². The Balaban J connectivity index is 1.86. The first-order chi connectivity index (χ1) is 14.1. The van der Waals surface area contributed by atoms with E-state index in [0.29, 0.717) is 27.7 Å². The van der Waals surface area contributed by atoms with E-state index >= 15 is 0 Å². The SMILES string of the molecule is Cc1cc(-n2c(C)cc(C(=O)CSC3=C(C#N)C(C)(C)C(C#N)C(=O)N3)c2C)no1. The van der Waals surface area contributed by atoms with Crippen LogP contribution in [0.1, 0.15) is 41.4 Å². The Morgan fingerprint density at radius 2 is 2.03 bits per heavy atom. The first-order valence-corrected chi connectivity index (χ1v) is 10.2. The van der Waals surface area contributed by atoms with Crippen LogP contribution in [-0.2, 0) is 4.79 Å². The Morgan fingerprint density at radius 3 is 2.60 bits per heavy atom. The van der Waals surface area contributed by atoms with Gasteiger partial charge in [-0.2, -0.15) is 10.5 Å². The fourth-order valence-corrected chi connectivity index (χ4v) is 4.66. The van der Waals surface area contributed by atoms with E-state index in [0.717, 1.165) is 23.1 Å². The molecule has 0 saturated heterocycles. The van der Waals surface area contributed by atoms with E-state index < -0.39 is 17.2 Å². The summed E-state index contributed by atoms with van der Waals surface area (Å²) < 4.78 is 6.98. The summed E-state index contributed by atoms with van der Waals surface area (Å²) in [7, 11) is 0. The molecule has 1 aliphatic heterocycles. The summed E-state index contributed by atoms with van der Waals surface area (Å²) in [6.45, 7) is 8.88. The van der Waals surface area contributed by atoms with Gasteiger partial charge >= 0.3 is 0 Å². The van der Waals surface area contributed by atoms with E-state index in [1.807, 2.05) is 24.5 Å². The van der Waals surface area contributed by atoms with Gasteiger partial charge in [0, 0.05) is 28.4 Å². The van der Waals surface area contributed by atoms with Crippen LogP contribution < -0.4 is 5.32 Å². The van der Waals surface area contributed by atoms with Crippen LogP contribution in [0.15, 0.2) is 27.3 Å². The molecule has 3 rings (SSSR count). The standard InChI is InChI=1S/C21H21N5O3S/c1-11-6-14(13(3)26(11)18-7-12(2)29-25-18)17(27)10-30-20-16(9-23)21(4,5)15(8-22)19(28)24-20/h6-7,15H,10H2,1-5H3,(H,24,28). The minimum Gasteiger partial charge on any atom is -0.360 e. The second-order valence-corrected chi connectivity index (χ2v) is 8.70. The molecule has 1 amide bonds. The minimum atomic E-state index is -0.961. The van der Waals surface area contributed by atoms with Crippen LogP contribution in [-0.4, -0.2) is 27.2 Å². The molecule has 9 heteroatoms. The number of amides is 1. The molecule has 1 atom stereocenters. The van der Waals surface area contributed by atoms with Crippen LogP contribution in [0.25, 0.3) is 5.82 Å². The van der Waals surface area contributed by atoms with Crippen molar-refractivity contribution < 1.29 is 14.1 Å². The maximum atomic E-state index is 12.9. The number of nitriles is 2. The summed E-state index contributed by atoms with van der Waals surface area (Å²) in [4.78, 5) is 25.2. The van der Waals surface area contributed by atoms with Crippen LogP contribution in [0.4, 0.5) is 0 Å². The van der Waals surface area contributed by atoms with Crippen molar-refractivity contribution in [1.82, 2.24) is 15.0 Å². The summed E-state index contributed by atoms with van der Waals surface area (Å²) in [5.74, 6) is -0.251. The Hall–Kier alpha value is -3.30. The summed E-state index contributed by atoms with van der Waals surface area (Å²) >= 11 is 1.10. The first kappa shape index (κ1) is 21.4. The summed E-state index contributed by atoms with van der Waals surface area (Å²) in [5.41, 5.74) is 1.48. The summed E-state index contributed by atoms with van der Waals surface area (Å²) in [5, 5.41) is 25.9. The van der Waals surface area contributed by atoms with Crippen LogP contribution in [0.5, 0.6) is 0 Å². The lowest BCUT2D eigenvalue weighted by Crippen LogP contribution is -2.44. The van der Waals surface area contributed by atoms with Gasteiger partial charge in [-0.05, 0) is 26.8 Å². The highest BCUT2D eigenvalue weighted by Crippen LogP contribution is 2.42. The lowest BCUT2D eigenvalue weighted by molar-refractivity contribution is -0.125. The number of carbonyl (C=O) groups is 2. The van der Waals surface area contributed by atoms with E-state index in [4.69, 9.17) is 4.52 Å². The second kappa shape index (κ2) is 7.85. The van der Waals surface area contributed by atoms with E-state index in [1.165, 1.54) is 0 Å². The van der Waals surface area contributed by atoms with Crippen molar-refractivity contribution in [3.05, 3.63) is 45.4 Å². The maximum Gasteiger partial charge on any atom is 0.243 e. The predicted molar refractivity (Wildman–Crippen MR) is 110 cm³/mol. The predicted octanol–water partition coefficient (Wildman–Crippen LogP) is 3.34. The van der Waals surface area contributed by atoms with Crippen molar-refractivity contribution >= 4 is 23.5 Å². The zero-order valence-electron chi connectivity index (χ0n) is 17.4. The number of Topliss-reactive ketones (excluding diaryl/α,β-unsaturated/α-hetero) is 1. The molecule has 2 aromatic rings. The average Bonchev–Trinajstić information content (AvgIpc) is 3.21. The number of thioether (sulfide) groups is 1. The minimum absolute atomic E-state index is 0.0379. The number of nitrogens with zero attached hydrogens (tertiary/aromatic N) is 4. The number of allylic oxidation sites excluding steroid dienone is 1. The molecule has 0 aliphatic carbocycles. The van der Waals surface area contributed by atoms with Gasteiger partial charge in [0.1, 0.15) is 11.7 Å². The molecule has 2 aromatic heterocycles. The smallest absolute Gasteiger partial charge is 0.243 e. The first-order valence-electron chi connectivity index (χ1n) is 9.25. The van der Waals surface area contributed by atoms with Crippen LogP contribution >= 0.6 is 11.8 Å². The van der Waals surface area contributed by atoms with Crippen LogP contribution in [0, 0.1) is 54.8 Å². The third kappa shape index (κ3) is 3.53. The third-order valence-electron chi connectivity index (χ3n) is 5.26. The molecular formula is C21H21N5O3S. The van der Waals surface area contributed by atoms with Gasteiger partial charge in [0.2, 0.25) is 5.91 Å².